The fourth-order valence-corrected chi connectivity index (χ4v) is 4.44. The van der Waals surface area contributed by atoms with Crippen molar-refractivity contribution in [3.63, 3.8) is 0 Å². The topological polar surface area (TPSA) is 145 Å². The highest BCUT2D eigenvalue weighted by atomic mass is 32.2. The fraction of sp³-hybridized carbons (Fsp3) is 0.652. The summed E-state index contributed by atoms with van der Waals surface area (Å²) >= 11 is 0. The normalized spacial score (nSPS) is 15.0. The third-order valence-electron chi connectivity index (χ3n) is 5.19. The number of carboxylic acid groups (broad SMARTS) is 1. The number of aliphatic hydroxyl groups excluding tert-OH is 1. The van der Waals surface area contributed by atoms with Crippen LogP contribution < -0.4 is 15.4 Å². The smallest absolute Gasteiger partial charge is 0.405 e. The van der Waals surface area contributed by atoms with Crippen molar-refractivity contribution in [2.75, 3.05) is 12.3 Å². The number of hydrogen-bond acceptors (Lipinski definition) is 5. The molecule has 0 saturated carbocycles. The molecule has 3 atom stereocenters. The first-order valence-electron chi connectivity index (χ1n) is 11.2. The van der Waals surface area contributed by atoms with E-state index in [2.05, 4.69) is 15.4 Å². The average Bonchev–Trinajstić information content (AvgIpc) is 2.69. The number of rotatable bonds is 13. The van der Waals surface area contributed by atoms with E-state index >= 15 is 0 Å². The molecule has 33 heavy (non-hydrogen) atoms. The number of carbonyl (C=O) groups excluding carboxylic acids is 1. The quantitative estimate of drug-likeness (QED) is 0.289. The van der Waals surface area contributed by atoms with Crippen LogP contribution in [0.15, 0.2) is 30.3 Å². The molecule has 0 fully saturated rings. The van der Waals surface area contributed by atoms with E-state index in [9.17, 15) is 23.1 Å². The molecule has 1 aromatic rings. The van der Waals surface area contributed by atoms with Gasteiger partial charge in [-0.2, -0.15) is 0 Å². The Morgan fingerprint density at radius 1 is 1.06 bits per heavy atom. The number of benzene rings is 1. The predicted molar refractivity (Wildman–Crippen MR) is 128 cm³/mol. The predicted octanol–water partition coefficient (Wildman–Crippen LogP) is 2.11. The van der Waals surface area contributed by atoms with Crippen LogP contribution in [0.5, 0.6) is 0 Å². The van der Waals surface area contributed by atoms with E-state index in [1.54, 1.807) is 20.8 Å². The maximum absolute atomic E-state index is 13.0. The minimum Gasteiger partial charge on any atom is -0.465 e. The van der Waals surface area contributed by atoms with Crippen molar-refractivity contribution < 1.29 is 28.2 Å². The standard InChI is InChI=1S/C23H39N3O6S/c1-16(2)10-9-13-33(31,32)24-15-19(27)18(14-17-11-7-6-8-12-17)25-21(28)20(23(3,4)5)26-22(29)30/h6-8,11-12,16,18-20,24,26-27H,9-10,13-15H2,1-5H3,(H,25,28)(H,29,30)/t18-,19+,20+/m0/s1. The lowest BCUT2D eigenvalue weighted by Crippen LogP contribution is -2.58. The van der Waals surface area contributed by atoms with Gasteiger partial charge in [0, 0.05) is 6.54 Å². The summed E-state index contributed by atoms with van der Waals surface area (Å²) in [5, 5.41) is 24.9. The van der Waals surface area contributed by atoms with Crippen molar-refractivity contribution in [2.45, 2.75) is 72.1 Å². The molecule has 0 bridgehead atoms. The van der Waals surface area contributed by atoms with Gasteiger partial charge in [0.2, 0.25) is 15.9 Å². The molecule has 1 rings (SSSR count). The molecule has 10 heteroatoms. The maximum Gasteiger partial charge on any atom is 0.405 e. The third kappa shape index (κ3) is 11.5. The van der Waals surface area contributed by atoms with Crippen LogP contribution in [0.3, 0.4) is 0 Å². The highest BCUT2D eigenvalue weighted by Crippen LogP contribution is 2.20. The van der Waals surface area contributed by atoms with E-state index in [1.165, 1.54) is 0 Å². The zero-order valence-electron chi connectivity index (χ0n) is 20.2. The van der Waals surface area contributed by atoms with Gasteiger partial charge in [-0.15, -0.1) is 0 Å². The van der Waals surface area contributed by atoms with Gasteiger partial charge >= 0.3 is 6.09 Å². The van der Waals surface area contributed by atoms with Crippen molar-refractivity contribution >= 4 is 22.0 Å². The molecule has 5 N–H and O–H groups in total. The van der Waals surface area contributed by atoms with E-state index in [0.29, 0.717) is 12.3 Å². The van der Waals surface area contributed by atoms with Crippen LogP contribution in [0.25, 0.3) is 0 Å². The first kappa shape index (κ1) is 28.9. The molecule has 0 radical (unpaired) electrons. The van der Waals surface area contributed by atoms with E-state index < -0.39 is 45.6 Å². The molecule has 9 nitrogen and oxygen atoms in total. The summed E-state index contributed by atoms with van der Waals surface area (Å²) in [4.78, 5) is 24.1. The Morgan fingerprint density at radius 2 is 1.67 bits per heavy atom. The zero-order chi connectivity index (χ0) is 25.2. The van der Waals surface area contributed by atoms with Crippen molar-refractivity contribution in [3.8, 4) is 0 Å². The first-order valence-corrected chi connectivity index (χ1v) is 12.9. The molecular formula is C23H39N3O6S. The highest BCUT2D eigenvalue weighted by molar-refractivity contribution is 7.89. The second-order valence-electron chi connectivity index (χ2n) is 9.82. The first-order chi connectivity index (χ1) is 15.2. The molecule has 0 aliphatic heterocycles. The van der Waals surface area contributed by atoms with Crippen LogP contribution in [0.1, 0.15) is 53.0 Å². The lowest BCUT2D eigenvalue weighted by Gasteiger charge is -2.32. The number of sulfonamides is 1. The second kappa shape index (κ2) is 12.9. The van der Waals surface area contributed by atoms with Gasteiger partial charge in [0.25, 0.3) is 0 Å². The third-order valence-corrected chi connectivity index (χ3v) is 6.63. The molecule has 188 valence electrons. The molecule has 0 aliphatic carbocycles. The van der Waals surface area contributed by atoms with Crippen LogP contribution in [-0.2, 0) is 21.2 Å². The Hall–Kier alpha value is -2.17. The summed E-state index contributed by atoms with van der Waals surface area (Å²) in [5.41, 5.74) is 0.114. The monoisotopic (exact) mass is 485 g/mol. The van der Waals surface area contributed by atoms with Crippen LogP contribution in [-0.4, -0.2) is 61.1 Å². The largest absolute Gasteiger partial charge is 0.465 e. The summed E-state index contributed by atoms with van der Waals surface area (Å²) in [6.07, 6.45) is -1.02. The number of carbonyl (C=O) groups is 2. The number of hydrogen-bond donors (Lipinski definition) is 5. The Kier molecular flexibility index (Phi) is 11.3. The summed E-state index contributed by atoms with van der Waals surface area (Å²) in [7, 11) is -3.58. The van der Waals surface area contributed by atoms with Gasteiger partial charge in [0.1, 0.15) is 6.04 Å². The van der Waals surface area contributed by atoms with Crippen molar-refractivity contribution in [1.29, 1.82) is 0 Å². The lowest BCUT2D eigenvalue weighted by atomic mass is 9.85. The van der Waals surface area contributed by atoms with Gasteiger partial charge < -0.3 is 20.8 Å². The molecule has 0 unspecified atom stereocenters. The molecule has 0 aliphatic rings. The van der Waals surface area contributed by atoms with Gasteiger partial charge in [-0.3, -0.25) is 4.79 Å². The Bertz CT molecular complexity index is 853. The highest BCUT2D eigenvalue weighted by Gasteiger charge is 2.35. The van der Waals surface area contributed by atoms with Crippen molar-refractivity contribution in [1.82, 2.24) is 15.4 Å². The van der Waals surface area contributed by atoms with Gasteiger partial charge in [-0.25, -0.2) is 17.9 Å². The van der Waals surface area contributed by atoms with Crippen LogP contribution >= 0.6 is 0 Å². The summed E-state index contributed by atoms with van der Waals surface area (Å²) in [5.74, 6) is -0.237. The SMILES string of the molecule is CC(C)CCCS(=O)(=O)NC[C@@H](O)[C@H](Cc1ccccc1)NC(=O)[C@@H](NC(=O)O)C(C)(C)C. The van der Waals surface area contributed by atoms with Crippen molar-refractivity contribution in [3.05, 3.63) is 35.9 Å². The summed E-state index contributed by atoms with van der Waals surface area (Å²) in [6, 6.07) is 7.25. The molecule has 2 amide bonds. The zero-order valence-corrected chi connectivity index (χ0v) is 21.0. The molecule has 0 aromatic heterocycles. The number of aliphatic hydroxyl groups is 1. The van der Waals surface area contributed by atoms with Crippen LogP contribution in [0, 0.1) is 11.3 Å². The van der Waals surface area contributed by atoms with E-state index in [1.807, 2.05) is 44.2 Å². The van der Waals surface area contributed by atoms with E-state index in [0.717, 1.165) is 12.0 Å². The second-order valence-corrected chi connectivity index (χ2v) is 11.8. The van der Waals surface area contributed by atoms with Gasteiger partial charge in [-0.1, -0.05) is 65.0 Å². The fourth-order valence-electron chi connectivity index (χ4n) is 3.32. The molecule has 0 spiro atoms. The van der Waals surface area contributed by atoms with Crippen LogP contribution in [0.4, 0.5) is 4.79 Å². The molecular weight excluding hydrogens is 446 g/mol. The van der Waals surface area contributed by atoms with Gasteiger partial charge in [-0.05, 0) is 36.2 Å². The van der Waals surface area contributed by atoms with Crippen molar-refractivity contribution in [2.24, 2.45) is 11.3 Å². The summed E-state index contributed by atoms with van der Waals surface area (Å²) < 4.78 is 27.0. The summed E-state index contributed by atoms with van der Waals surface area (Å²) in [6.45, 7) is 8.94. The Morgan fingerprint density at radius 3 is 2.18 bits per heavy atom. The van der Waals surface area contributed by atoms with E-state index in [-0.39, 0.29) is 18.7 Å². The lowest BCUT2D eigenvalue weighted by molar-refractivity contribution is -0.127. The minimum atomic E-state index is -3.58. The molecule has 1 aromatic carbocycles. The molecule has 0 heterocycles. The van der Waals surface area contributed by atoms with E-state index in [4.69, 9.17) is 5.11 Å². The Labute approximate surface area is 197 Å². The average molecular weight is 486 g/mol. The number of amides is 2. The van der Waals surface area contributed by atoms with Crippen LogP contribution in [0.2, 0.25) is 0 Å². The minimum absolute atomic E-state index is 0.0394. The van der Waals surface area contributed by atoms with Gasteiger partial charge in [0.15, 0.2) is 0 Å². The number of nitrogens with one attached hydrogen (secondary N) is 3. The molecule has 0 saturated heterocycles. The maximum atomic E-state index is 13.0. The Balaban J connectivity index is 2.95. The van der Waals surface area contributed by atoms with Gasteiger partial charge in [0.05, 0.1) is 17.9 Å².